The zero-order chi connectivity index (χ0) is 23.8. The van der Waals surface area contributed by atoms with E-state index in [0.29, 0.717) is 16.8 Å². The Morgan fingerprint density at radius 2 is 1.73 bits per heavy atom. The third-order valence-corrected chi connectivity index (χ3v) is 4.58. The number of ether oxygens (including phenoxy) is 1. The number of aromatic nitrogens is 2. The first-order chi connectivity index (χ1) is 15.6. The number of nitro benzene ring substituents is 1. The van der Waals surface area contributed by atoms with E-state index in [0.717, 1.165) is 16.9 Å². The largest absolute Gasteiger partial charge is 0.573 e. The molecule has 3 aromatic carbocycles. The quantitative estimate of drug-likeness (QED) is 0.247. The van der Waals surface area contributed by atoms with Gasteiger partial charge in [0.2, 0.25) is 0 Å². The summed E-state index contributed by atoms with van der Waals surface area (Å²) >= 11 is 0. The van der Waals surface area contributed by atoms with Crippen LogP contribution in [0.5, 0.6) is 5.75 Å². The fraction of sp³-hybridized carbons (Fsp3) is 0.0476. The molecule has 0 aliphatic rings. The number of nitro groups is 1. The number of anilines is 1. The van der Waals surface area contributed by atoms with Crippen molar-refractivity contribution < 1.29 is 32.8 Å². The third kappa shape index (κ3) is 4.69. The summed E-state index contributed by atoms with van der Waals surface area (Å²) in [6, 6.07) is 14.6. The molecule has 2 N–H and O–H groups in total. The van der Waals surface area contributed by atoms with Crippen LogP contribution in [0.2, 0.25) is 0 Å². The number of hydrogen-bond acceptors (Lipinski definition) is 6. The normalized spacial score (nSPS) is 11.4. The van der Waals surface area contributed by atoms with Crippen LogP contribution in [0.4, 0.5) is 24.5 Å². The van der Waals surface area contributed by atoms with E-state index in [4.69, 9.17) is 0 Å². The van der Waals surface area contributed by atoms with Crippen molar-refractivity contribution in [2.24, 2.45) is 0 Å². The smallest absolute Gasteiger partial charge is 0.426 e. The first-order valence-electron chi connectivity index (χ1n) is 9.24. The van der Waals surface area contributed by atoms with Crippen LogP contribution in [0.15, 0.2) is 66.7 Å². The molecule has 9 nitrogen and oxygen atoms in total. The Kier molecular flexibility index (Phi) is 5.34. The van der Waals surface area contributed by atoms with Crippen molar-refractivity contribution in [3.8, 4) is 17.1 Å². The number of halogens is 3. The van der Waals surface area contributed by atoms with E-state index in [2.05, 4.69) is 15.0 Å². The molecule has 0 bridgehead atoms. The second-order valence-corrected chi connectivity index (χ2v) is 6.78. The molecule has 0 unspecified atom stereocenters. The Morgan fingerprint density at radius 1 is 1.06 bits per heavy atom. The number of amides is 1. The Labute approximate surface area is 182 Å². The van der Waals surface area contributed by atoms with Crippen molar-refractivity contribution in [1.29, 1.82) is 0 Å². The molecule has 0 spiro atoms. The average Bonchev–Trinajstić information content (AvgIpc) is 3.09. The predicted molar refractivity (Wildman–Crippen MR) is 110 cm³/mol. The number of carbonyl (C=O) groups is 1. The topological polar surface area (TPSA) is 120 Å². The van der Waals surface area contributed by atoms with Crippen LogP contribution < -0.4 is 10.1 Å². The molecule has 0 saturated heterocycles. The average molecular weight is 458 g/mol. The van der Waals surface area contributed by atoms with Crippen molar-refractivity contribution in [3.63, 3.8) is 0 Å². The molecule has 0 atom stereocenters. The van der Waals surface area contributed by atoms with E-state index in [1.807, 2.05) is 0 Å². The lowest BCUT2D eigenvalue weighted by molar-refractivity contribution is -0.384. The summed E-state index contributed by atoms with van der Waals surface area (Å²) in [5.74, 6) is -0.854. The maximum absolute atomic E-state index is 12.3. The number of alkyl halides is 3. The van der Waals surface area contributed by atoms with Gasteiger partial charge in [-0.15, -0.1) is 13.2 Å². The second kappa shape index (κ2) is 8.15. The Bertz CT molecular complexity index is 1350. The van der Waals surface area contributed by atoms with Crippen molar-refractivity contribution in [1.82, 2.24) is 9.71 Å². The fourth-order valence-corrected chi connectivity index (χ4v) is 3.07. The molecule has 4 rings (SSSR count). The molecule has 33 heavy (non-hydrogen) atoms. The maximum atomic E-state index is 12.3. The van der Waals surface area contributed by atoms with Crippen LogP contribution in [0.1, 0.15) is 10.4 Å². The van der Waals surface area contributed by atoms with Gasteiger partial charge in [-0.2, -0.15) is 4.73 Å². The van der Waals surface area contributed by atoms with E-state index in [1.54, 1.807) is 12.1 Å². The molecule has 0 fully saturated rings. The van der Waals surface area contributed by atoms with E-state index in [1.165, 1.54) is 42.5 Å². The van der Waals surface area contributed by atoms with Crippen molar-refractivity contribution in [2.75, 3.05) is 5.32 Å². The molecule has 0 aliphatic carbocycles. The Hall–Kier alpha value is -4.61. The van der Waals surface area contributed by atoms with Gasteiger partial charge in [-0.1, -0.05) is 0 Å². The summed E-state index contributed by atoms with van der Waals surface area (Å²) in [7, 11) is 0. The van der Waals surface area contributed by atoms with Gasteiger partial charge in [0.25, 0.3) is 11.6 Å². The van der Waals surface area contributed by atoms with Gasteiger partial charge < -0.3 is 15.3 Å². The number of carbonyl (C=O) groups excluding carboxylic acids is 1. The number of imidazole rings is 1. The summed E-state index contributed by atoms with van der Waals surface area (Å²) in [5.41, 5.74) is 1.30. The first-order valence-corrected chi connectivity index (χ1v) is 9.24. The Morgan fingerprint density at radius 3 is 2.33 bits per heavy atom. The molecule has 0 radical (unpaired) electrons. The number of non-ortho nitro benzene ring substituents is 1. The minimum atomic E-state index is -4.82. The van der Waals surface area contributed by atoms with Crippen LogP contribution in [0.25, 0.3) is 22.4 Å². The zero-order valence-electron chi connectivity index (χ0n) is 16.4. The molecule has 1 aromatic heterocycles. The summed E-state index contributed by atoms with van der Waals surface area (Å²) in [6.07, 6.45) is -4.82. The van der Waals surface area contributed by atoms with Crippen LogP contribution in [0, 0.1) is 10.1 Å². The van der Waals surface area contributed by atoms with Gasteiger partial charge in [-0.05, 0) is 54.6 Å². The molecule has 0 saturated carbocycles. The van der Waals surface area contributed by atoms with Crippen molar-refractivity contribution >= 4 is 28.3 Å². The predicted octanol–water partition coefficient (Wildman–Crippen LogP) is 5.00. The van der Waals surface area contributed by atoms with E-state index >= 15 is 0 Å². The van der Waals surface area contributed by atoms with Gasteiger partial charge in [0.1, 0.15) is 11.3 Å². The van der Waals surface area contributed by atoms with Crippen molar-refractivity contribution in [3.05, 3.63) is 82.4 Å². The van der Waals surface area contributed by atoms with Gasteiger partial charge in [-0.3, -0.25) is 14.9 Å². The molecule has 1 amide bonds. The lowest BCUT2D eigenvalue weighted by atomic mass is 10.1. The lowest BCUT2D eigenvalue weighted by Crippen LogP contribution is -2.17. The molecular formula is C21H13F3N4O5. The highest BCUT2D eigenvalue weighted by molar-refractivity contribution is 6.04. The van der Waals surface area contributed by atoms with Crippen LogP contribution in [-0.2, 0) is 0 Å². The van der Waals surface area contributed by atoms with Gasteiger partial charge in [0.05, 0.1) is 10.4 Å². The van der Waals surface area contributed by atoms with Gasteiger partial charge in [-0.25, -0.2) is 4.98 Å². The van der Waals surface area contributed by atoms with Crippen LogP contribution in [0.3, 0.4) is 0 Å². The van der Waals surface area contributed by atoms with Gasteiger partial charge in [0.15, 0.2) is 5.82 Å². The highest BCUT2D eigenvalue weighted by Crippen LogP contribution is 2.27. The summed E-state index contributed by atoms with van der Waals surface area (Å²) in [6.45, 7) is 0. The molecule has 1 heterocycles. The van der Waals surface area contributed by atoms with E-state index in [-0.39, 0.29) is 22.6 Å². The number of fused-ring (bicyclic) bond motifs is 1. The second-order valence-electron chi connectivity index (χ2n) is 6.78. The van der Waals surface area contributed by atoms with Gasteiger partial charge >= 0.3 is 6.36 Å². The SMILES string of the molecule is O=C(Nc1ccc(-c2nc3ccc([N+](=O)[O-])cc3n2O)cc1)c1ccc(OC(F)(F)F)cc1. The van der Waals surface area contributed by atoms with Crippen molar-refractivity contribution in [2.45, 2.75) is 6.36 Å². The van der Waals surface area contributed by atoms with E-state index in [9.17, 15) is 33.3 Å². The molecule has 0 aliphatic heterocycles. The highest BCUT2D eigenvalue weighted by atomic mass is 19.4. The first kappa shape index (κ1) is 21.6. The minimum absolute atomic E-state index is 0.118. The number of benzene rings is 3. The number of hydrogen-bond donors (Lipinski definition) is 2. The molecule has 4 aromatic rings. The number of nitrogens with zero attached hydrogens (tertiary/aromatic N) is 3. The standard InChI is InChI=1S/C21H13F3N4O5/c22-21(23,24)33-16-8-3-13(4-9-16)20(29)25-14-5-1-12(2-6-14)19-26-17-10-7-15(28(31)32)11-18(17)27(19)30/h1-11,30H,(H,25,29). The molecule has 12 heteroatoms. The highest BCUT2D eigenvalue weighted by Gasteiger charge is 2.31. The van der Waals surface area contributed by atoms with Crippen LogP contribution >= 0.6 is 0 Å². The molecule has 168 valence electrons. The zero-order valence-corrected chi connectivity index (χ0v) is 16.4. The summed E-state index contributed by atoms with van der Waals surface area (Å²) in [4.78, 5) is 27.0. The maximum Gasteiger partial charge on any atom is 0.573 e. The molecular weight excluding hydrogens is 445 g/mol. The monoisotopic (exact) mass is 458 g/mol. The fourth-order valence-electron chi connectivity index (χ4n) is 3.07. The summed E-state index contributed by atoms with van der Waals surface area (Å²) < 4.78 is 41.2. The van der Waals surface area contributed by atoms with E-state index < -0.39 is 22.9 Å². The number of rotatable bonds is 5. The van der Waals surface area contributed by atoms with Crippen LogP contribution in [-0.4, -0.2) is 32.1 Å². The lowest BCUT2D eigenvalue weighted by Gasteiger charge is -2.10. The Balaban J connectivity index is 1.50. The number of nitrogens with one attached hydrogen (secondary N) is 1. The third-order valence-electron chi connectivity index (χ3n) is 4.58. The van der Waals surface area contributed by atoms with Gasteiger partial charge in [0, 0.05) is 28.9 Å². The minimum Gasteiger partial charge on any atom is -0.426 e. The summed E-state index contributed by atoms with van der Waals surface area (Å²) in [5, 5.41) is 23.9.